The number of fused-ring (bicyclic) bond motifs is 1. The summed E-state index contributed by atoms with van der Waals surface area (Å²) in [4.78, 5) is 23.8. The summed E-state index contributed by atoms with van der Waals surface area (Å²) in [6, 6.07) is 6.13. The monoisotopic (exact) mass is 470 g/mol. The summed E-state index contributed by atoms with van der Waals surface area (Å²) in [6.07, 6.45) is -0.431. The molecule has 5 rings (SSSR count). The zero-order chi connectivity index (χ0) is 23.3. The van der Waals surface area contributed by atoms with E-state index in [2.05, 4.69) is 20.2 Å². The van der Waals surface area contributed by atoms with E-state index in [0.29, 0.717) is 54.1 Å². The topological polar surface area (TPSA) is 98.7 Å². The molecule has 0 amide bonds. The van der Waals surface area contributed by atoms with E-state index < -0.39 is 11.9 Å². The molecule has 4 aromatic rings. The van der Waals surface area contributed by atoms with Crippen molar-refractivity contribution < 1.29 is 13.7 Å². The van der Waals surface area contributed by atoms with Gasteiger partial charge < -0.3 is 14.2 Å². The number of nitrogens with zero attached hydrogens (tertiary/aromatic N) is 6. The largest absolute Gasteiger partial charge is 0.366 e. The summed E-state index contributed by atoms with van der Waals surface area (Å²) in [5, 5.41) is 8.80. The zero-order valence-electron chi connectivity index (χ0n) is 18.2. The first-order valence-corrected chi connectivity index (χ1v) is 10.7. The van der Waals surface area contributed by atoms with Gasteiger partial charge >= 0.3 is 0 Å². The highest BCUT2D eigenvalue weighted by atomic mass is 35.5. The summed E-state index contributed by atoms with van der Waals surface area (Å²) >= 11 is 5.96. The lowest BCUT2D eigenvalue weighted by Gasteiger charge is -2.32. The third-order valence-electron chi connectivity index (χ3n) is 5.69. The van der Waals surface area contributed by atoms with Gasteiger partial charge in [-0.25, -0.2) is 9.37 Å². The molecule has 1 atom stereocenters. The number of aryl methyl sites for hydroxylation is 2. The molecule has 1 saturated heterocycles. The highest BCUT2D eigenvalue weighted by Gasteiger charge is 2.28. The fourth-order valence-corrected chi connectivity index (χ4v) is 3.97. The summed E-state index contributed by atoms with van der Waals surface area (Å²) in [6.45, 7) is 6.43. The molecule has 9 nitrogen and oxygen atoms in total. The minimum absolute atomic E-state index is 0.270. The smallest absolute Gasteiger partial charge is 0.277 e. The molecule has 170 valence electrons. The number of morpholine rings is 1. The van der Waals surface area contributed by atoms with Crippen molar-refractivity contribution in [2.75, 3.05) is 24.6 Å². The van der Waals surface area contributed by atoms with Gasteiger partial charge in [0.25, 0.3) is 5.56 Å². The average molecular weight is 471 g/mol. The van der Waals surface area contributed by atoms with E-state index >= 15 is 0 Å². The Morgan fingerprint density at radius 3 is 2.70 bits per heavy atom. The molecule has 0 aliphatic carbocycles. The molecule has 0 N–H and O–H groups in total. The van der Waals surface area contributed by atoms with Crippen LogP contribution in [0, 0.1) is 26.6 Å². The summed E-state index contributed by atoms with van der Waals surface area (Å²) in [7, 11) is 0. The second-order valence-corrected chi connectivity index (χ2v) is 8.32. The number of anilines is 1. The first kappa shape index (κ1) is 21.5. The molecule has 0 spiro atoms. The van der Waals surface area contributed by atoms with Gasteiger partial charge in [-0.2, -0.15) is 9.50 Å². The highest BCUT2D eigenvalue weighted by Crippen LogP contribution is 2.32. The van der Waals surface area contributed by atoms with Gasteiger partial charge in [-0.15, -0.1) is 5.10 Å². The van der Waals surface area contributed by atoms with Crippen LogP contribution in [0.1, 0.15) is 29.1 Å². The van der Waals surface area contributed by atoms with Crippen LogP contribution in [-0.4, -0.2) is 44.4 Å². The Bertz CT molecular complexity index is 1440. The van der Waals surface area contributed by atoms with Crippen LogP contribution < -0.4 is 10.5 Å². The van der Waals surface area contributed by atoms with Gasteiger partial charge in [-0.3, -0.25) is 4.79 Å². The van der Waals surface area contributed by atoms with Crippen LogP contribution in [0.25, 0.3) is 16.8 Å². The lowest BCUT2D eigenvalue weighted by Crippen LogP contribution is -2.40. The predicted molar refractivity (Wildman–Crippen MR) is 119 cm³/mol. The molecule has 1 aliphatic heterocycles. The third kappa shape index (κ3) is 3.85. The van der Waals surface area contributed by atoms with Gasteiger partial charge in [0.15, 0.2) is 11.5 Å². The minimum atomic E-state index is -0.517. The highest BCUT2D eigenvalue weighted by molar-refractivity contribution is 6.30. The van der Waals surface area contributed by atoms with Crippen LogP contribution in [0.15, 0.2) is 33.6 Å². The molecule has 0 bridgehead atoms. The van der Waals surface area contributed by atoms with Crippen molar-refractivity contribution in [3.05, 3.63) is 68.4 Å². The SMILES string of the molecule is Cc1nc([C@H]2CN(c3cc(-c4ccc(Cl)cc4F)c4nc(C)c(C)c(=O)n4n3)CCO2)no1. The number of ether oxygens (including phenoxy) is 1. The zero-order valence-corrected chi connectivity index (χ0v) is 18.9. The Morgan fingerprint density at radius 1 is 1.15 bits per heavy atom. The van der Waals surface area contributed by atoms with Crippen molar-refractivity contribution in [2.24, 2.45) is 0 Å². The van der Waals surface area contributed by atoms with E-state index in [0.717, 1.165) is 0 Å². The fourth-order valence-electron chi connectivity index (χ4n) is 3.81. The van der Waals surface area contributed by atoms with E-state index in [-0.39, 0.29) is 21.8 Å². The molecule has 3 aromatic heterocycles. The molecule has 0 radical (unpaired) electrons. The van der Waals surface area contributed by atoms with Gasteiger partial charge in [0.05, 0.1) is 13.2 Å². The molecule has 0 unspecified atom stereocenters. The Balaban J connectivity index is 1.67. The molecule has 1 aliphatic rings. The van der Waals surface area contributed by atoms with Crippen LogP contribution in [0.5, 0.6) is 0 Å². The molecule has 11 heteroatoms. The number of hydrogen-bond acceptors (Lipinski definition) is 8. The normalized spacial score (nSPS) is 16.5. The second kappa shape index (κ2) is 8.20. The Labute approximate surface area is 192 Å². The van der Waals surface area contributed by atoms with Crippen LogP contribution in [-0.2, 0) is 4.74 Å². The maximum absolute atomic E-state index is 14.9. The number of hydrogen-bond donors (Lipinski definition) is 0. The van der Waals surface area contributed by atoms with Crippen LogP contribution in [0.3, 0.4) is 0 Å². The second-order valence-electron chi connectivity index (χ2n) is 7.88. The van der Waals surface area contributed by atoms with Crippen molar-refractivity contribution in [2.45, 2.75) is 26.9 Å². The lowest BCUT2D eigenvalue weighted by atomic mass is 10.1. The van der Waals surface area contributed by atoms with Crippen LogP contribution in [0.2, 0.25) is 5.02 Å². The van der Waals surface area contributed by atoms with Crippen molar-refractivity contribution in [1.82, 2.24) is 24.7 Å². The fraction of sp³-hybridized carbons (Fsp3) is 0.318. The third-order valence-corrected chi connectivity index (χ3v) is 5.93. The minimum Gasteiger partial charge on any atom is -0.366 e. The van der Waals surface area contributed by atoms with Crippen molar-refractivity contribution in [1.29, 1.82) is 0 Å². The van der Waals surface area contributed by atoms with Crippen molar-refractivity contribution >= 4 is 23.1 Å². The lowest BCUT2D eigenvalue weighted by molar-refractivity contribution is 0.0323. The van der Waals surface area contributed by atoms with E-state index in [1.54, 1.807) is 39.0 Å². The molecule has 4 heterocycles. The molecule has 1 fully saturated rings. The summed E-state index contributed by atoms with van der Waals surface area (Å²) in [5.74, 6) is 0.842. The number of rotatable bonds is 3. The van der Waals surface area contributed by atoms with Gasteiger partial charge in [-0.05, 0) is 38.1 Å². The van der Waals surface area contributed by atoms with Crippen molar-refractivity contribution in [3.63, 3.8) is 0 Å². The number of aromatic nitrogens is 5. The molecule has 33 heavy (non-hydrogen) atoms. The maximum Gasteiger partial charge on any atom is 0.277 e. The summed E-state index contributed by atoms with van der Waals surface area (Å²) < 4.78 is 27.0. The number of benzene rings is 1. The van der Waals surface area contributed by atoms with Gasteiger partial charge in [0, 0.05) is 40.9 Å². The molecule has 1 aromatic carbocycles. The number of halogens is 2. The van der Waals surface area contributed by atoms with Gasteiger partial charge in [0.2, 0.25) is 11.7 Å². The Kier molecular flexibility index (Phi) is 5.34. The molecule has 0 saturated carbocycles. The van der Waals surface area contributed by atoms with Crippen LogP contribution >= 0.6 is 11.6 Å². The first-order valence-electron chi connectivity index (χ1n) is 10.4. The standard InChI is InChI=1S/C22H20ClFN6O3/c1-11-12(2)25-21-16(15-5-4-14(23)8-17(15)24)9-19(27-30(21)22(11)31)29-6-7-32-18(10-29)20-26-13(3)33-28-20/h4-5,8-9,18H,6-7,10H2,1-3H3/t18-/m1/s1. The quantitative estimate of drug-likeness (QED) is 0.449. The van der Waals surface area contributed by atoms with E-state index in [4.69, 9.17) is 20.9 Å². The van der Waals surface area contributed by atoms with E-state index in [1.165, 1.54) is 10.6 Å². The van der Waals surface area contributed by atoms with Crippen molar-refractivity contribution in [3.8, 4) is 11.1 Å². The summed E-state index contributed by atoms with van der Waals surface area (Å²) in [5.41, 5.74) is 1.70. The maximum atomic E-state index is 14.9. The molecular weight excluding hydrogens is 451 g/mol. The predicted octanol–water partition coefficient (Wildman–Crippen LogP) is 3.44. The van der Waals surface area contributed by atoms with E-state index in [9.17, 15) is 9.18 Å². The van der Waals surface area contributed by atoms with Gasteiger partial charge in [0.1, 0.15) is 11.9 Å². The van der Waals surface area contributed by atoms with Gasteiger partial charge in [-0.1, -0.05) is 16.8 Å². The Hall–Kier alpha value is -3.37. The Morgan fingerprint density at radius 2 is 1.97 bits per heavy atom. The molecular formula is C22H20ClFN6O3. The van der Waals surface area contributed by atoms with E-state index in [1.807, 2.05) is 4.90 Å². The van der Waals surface area contributed by atoms with Crippen LogP contribution in [0.4, 0.5) is 10.2 Å². The average Bonchev–Trinajstić information content (AvgIpc) is 3.24. The first-order chi connectivity index (χ1) is 15.8.